The van der Waals surface area contributed by atoms with Gasteiger partial charge in [0.05, 0.1) is 13.2 Å². The molecule has 4 nitrogen and oxygen atoms in total. The second kappa shape index (κ2) is 19.2. The summed E-state index contributed by atoms with van der Waals surface area (Å²) in [5, 5.41) is 0. The van der Waals surface area contributed by atoms with Gasteiger partial charge in [-0.3, -0.25) is 0 Å². The van der Waals surface area contributed by atoms with Crippen molar-refractivity contribution in [3.8, 4) is 0 Å². The Hall–Kier alpha value is -1.58. The Kier molecular flexibility index (Phi) is 19.6. The molecule has 0 amide bonds. The molecule has 0 N–H and O–H groups in total. The molecule has 0 aliphatic carbocycles. The first-order valence-corrected chi connectivity index (χ1v) is 10.4. The van der Waals surface area contributed by atoms with Gasteiger partial charge >= 0.3 is 11.9 Å². The first-order valence-electron chi connectivity index (χ1n) is 10.4. The minimum Gasteiger partial charge on any atom is -0.462 e. The van der Waals surface area contributed by atoms with Gasteiger partial charge in [0.2, 0.25) is 0 Å². The summed E-state index contributed by atoms with van der Waals surface area (Å²) in [6.07, 6.45) is 10.8. The number of unbranched alkanes of at least 4 members (excludes halogenated alkanes) is 6. The SMILES string of the molecule is C=C(C)C(=O)OCC(C)CCCCCC.C=C(C)C(=O)OCCCCCC. The van der Waals surface area contributed by atoms with Crippen molar-refractivity contribution in [3.05, 3.63) is 24.3 Å². The van der Waals surface area contributed by atoms with Crippen LogP contribution in [0, 0.1) is 5.92 Å². The number of rotatable bonds is 14. The molecule has 1 unspecified atom stereocenters. The lowest BCUT2D eigenvalue weighted by Crippen LogP contribution is -2.12. The van der Waals surface area contributed by atoms with Crippen LogP contribution in [0.1, 0.15) is 92.4 Å². The first-order chi connectivity index (χ1) is 12.8. The molecule has 0 saturated heterocycles. The van der Waals surface area contributed by atoms with E-state index in [2.05, 4.69) is 33.9 Å². The highest BCUT2D eigenvalue weighted by molar-refractivity contribution is 5.87. The molecule has 1 atom stereocenters. The standard InChI is InChI=1S/C13H24O2.C10H18O2/c1-5-6-7-8-9-12(4)10-15-13(14)11(2)3;1-4-5-6-7-8-12-10(11)9(2)3/h12H,2,5-10H2,1,3-4H3;2,4-8H2,1,3H3. The summed E-state index contributed by atoms with van der Waals surface area (Å²) in [5.74, 6) is -0.0768. The maximum atomic E-state index is 11.1. The van der Waals surface area contributed by atoms with Gasteiger partial charge in [0.15, 0.2) is 0 Å². The summed E-state index contributed by atoms with van der Waals surface area (Å²) in [7, 11) is 0. The number of carbonyl (C=O) groups is 2. The zero-order valence-corrected chi connectivity index (χ0v) is 18.4. The maximum absolute atomic E-state index is 11.1. The van der Waals surface area contributed by atoms with Gasteiger partial charge < -0.3 is 9.47 Å². The largest absolute Gasteiger partial charge is 0.462 e. The highest BCUT2D eigenvalue weighted by Gasteiger charge is 2.07. The van der Waals surface area contributed by atoms with E-state index in [4.69, 9.17) is 9.47 Å². The molecule has 0 bridgehead atoms. The zero-order valence-electron chi connectivity index (χ0n) is 18.4. The third kappa shape index (κ3) is 20.6. The highest BCUT2D eigenvalue weighted by Crippen LogP contribution is 2.11. The second-order valence-corrected chi connectivity index (χ2v) is 7.31. The monoisotopic (exact) mass is 382 g/mol. The normalized spacial score (nSPS) is 11.0. The maximum Gasteiger partial charge on any atom is 0.333 e. The van der Waals surface area contributed by atoms with E-state index in [0.717, 1.165) is 19.3 Å². The summed E-state index contributed by atoms with van der Waals surface area (Å²) < 4.78 is 10.00. The smallest absolute Gasteiger partial charge is 0.333 e. The van der Waals surface area contributed by atoms with Crippen LogP contribution in [-0.4, -0.2) is 25.2 Å². The lowest BCUT2D eigenvalue weighted by atomic mass is 10.0. The van der Waals surface area contributed by atoms with Crippen molar-refractivity contribution in [3.63, 3.8) is 0 Å². The molecule has 0 heterocycles. The molecular weight excluding hydrogens is 340 g/mol. The van der Waals surface area contributed by atoms with Gasteiger partial charge in [0.25, 0.3) is 0 Å². The third-order valence-electron chi connectivity index (χ3n) is 3.98. The predicted octanol–water partition coefficient (Wildman–Crippen LogP) is 6.40. The summed E-state index contributed by atoms with van der Waals surface area (Å²) in [5.41, 5.74) is 0.957. The molecule has 0 aromatic carbocycles. The van der Waals surface area contributed by atoms with Gasteiger partial charge in [0.1, 0.15) is 0 Å². The van der Waals surface area contributed by atoms with E-state index in [1.807, 2.05) is 0 Å². The van der Waals surface area contributed by atoms with Crippen molar-refractivity contribution in [2.75, 3.05) is 13.2 Å². The molecule has 0 radical (unpaired) electrons. The summed E-state index contributed by atoms with van der Waals surface area (Å²) in [4.78, 5) is 22.0. The first kappa shape index (κ1) is 27.6. The second-order valence-electron chi connectivity index (χ2n) is 7.31. The number of hydrogen-bond acceptors (Lipinski definition) is 4. The van der Waals surface area contributed by atoms with Crippen molar-refractivity contribution in [2.24, 2.45) is 5.92 Å². The van der Waals surface area contributed by atoms with Crippen LogP contribution >= 0.6 is 0 Å². The minimum atomic E-state index is -0.272. The van der Waals surface area contributed by atoms with Gasteiger partial charge in [-0.05, 0) is 32.6 Å². The van der Waals surface area contributed by atoms with Crippen LogP contribution in [0.25, 0.3) is 0 Å². The molecule has 0 aliphatic rings. The molecule has 0 rings (SSSR count). The van der Waals surface area contributed by atoms with E-state index in [9.17, 15) is 9.59 Å². The van der Waals surface area contributed by atoms with Gasteiger partial charge in [0, 0.05) is 11.1 Å². The van der Waals surface area contributed by atoms with Crippen LogP contribution in [0.15, 0.2) is 24.3 Å². The average Bonchev–Trinajstić information content (AvgIpc) is 2.63. The number of ether oxygens (including phenoxy) is 2. The molecular formula is C23H42O4. The fraction of sp³-hybridized carbons (Fsp3) is 0.739. The highest BCUT2D eigenvalue weighted by atomic mass is 16.5. The lowest BCUT2D eigenvalue weighted by Gasteiger charge is -2.11. The molecule has 4 heteroatoms. The Labute approximate surface area is 167 Å². The minimum absolute atomic E-state index is 0.268. The van der Waals surface area contributed by atoms with Gasteiger partial charge in [-0.2, -0.15) is 0 Å². The third-order valence-corrected chi connectivity index (χ3v) is 3.98. The van der Waals surface area contributed by atoms with E-state index in [1.54, 1.807) is 13.8 Å². The Balaban J connectivity index is 0. The summed E-state index contributed by atoms with van der Waals surface area (Å²) >= 11 is 0. The fourth-order valence-electron chi connectivity index (χ4n) is 2.16. The van der Waals surface area contributed by atoms with E-state index >= 15 is 0 Å². The van der Waals surface area contributed by atoms with Crippen LogP contribution in [-0.2, 0) is 19.1 Å². The topological polar surface area (TPSA) is 52.6 Å². The van der Waals surface area contributed by atoms with Crippen molar-refractivity contribution >= 4 is 11.9 Å². The zero-order chi connectivity index (χ0) is 21.1. The molecule has 158 valence electrons. The van der Waals surface area contributed by atoms with E-state index < -0.39 is 0 Å². The summed E-state index contributed by atoms with van der Waals surface area (Å²) in [6, 6.07) is 0. The van der Waals surface area contributed by atoms with Crippen LogP contribution < -0.4 is 0 Å². The van der Waals surface area contributed by atoms with Crippen molar-refractivity contribution in [1.29, 1.82) is 0 Å². The van der Waals surface area contributed by atoms with Gasteiger partial charge in [-0.1, -0.05) is 78.9 Å². The molecule has 27 heavy (non-hydrogen) atoms. The van der Waals surface area contributed by atoms with E-state index in [-0.39, 0.29) is 11.9 Å². The van der Waals surface area contributed by atoms with Crippen LogP contribution in [0.3, 0.4) is 0 Å². The van der Waals surface area contributed by atoms with Crippen LogP contribution in [0.2, 0.25) is 0 Å². The van der Waals surface area contributed by atoms with E-state index in [0.29, 0.717) is 30.3 Å². The fourth-order valence-corrected chi connectivity index (χ4v) is 2.16. The van der Waals surface area contributed by atoms with Gasteiger partial charge in [-0.25, -0.2) is 9.59 Å². The number of carbonyl (C=O) groups excluding carboxylic acids is 2. The van der Waals surface area contributed by atoms with Crippen molar-refractivity contribution in [2.45, 2.75) is 92.4 Å². The number of hydrogen-bond donors (Lipinski definition) is 0. The van der Waals surface area contributed by atoms with E-state index in [1.165, 1.54) is 38.5 Å². The lowest BCUT2D eigenvalue weighted by molar-refractivity contribution is -0.140. The van der Waals surface area contributed by atoms with Crippen LogP contribution in [0.4, 0.5) is 0 Å². The van der Waals surface area contributed by atoms with Crippen LogP contribution in [0.5, 0.6) is 0 Å². The van der Waals surface area contributed by atoms with Crippen molar-refractivity contribution in [1.82, 2.24) is 0 Å². The Bertz CT molecular complexity index is 426. The van der Waals surface area contributed by atoms with Gasteiger partial charge in [-0.15, -0.1) is 0 Å². The Morgan fingerprint density at radius 1 is 0.778 bits per heavy atom. The molecule has 0 spiro atoms. The quantitative estimate of drug-likeness (QED) is 0.198. The molecule has 0 aliphatic heterocycles. The predicted molar refractivity (Wildman–Crippen MR) is 114 cm³/mol. The molecule has 0 saturated carbocycles. The number of esters is 2. The average molecular weight is 383 g/mol. The van der Waals surface area contributed by atoms with Crippen molar-refractivity contribution < 1.29 is 19.1 Å². The summed E-state index contributed by atoms with van der Waals surface area (Å²) in [6.45, 7) is 17.9. The molecule has 0 aromatic rings. The Morgan fingerprint density at radius 3 is 1.74 bits per heavy atom. The Morgan fingerprint density at radius 2 is 1.26 bits per heavy atom. The molecule has 0 fully saturated rings. The molecule has 0 aromatic heterocycles.